The van der Waals surface area contributed by atoms with Crippen molar-refractivity contribution in [1.29, 1.82) is 0 Å². The summed E-state index contributed by atoms with van der Waals surface area (Å²) in [6.07, 6.45) is 1.40. The lowest BCUT2D eigenvalue weighted by atomic mass is 10.1. The number of rotatable bonds is 1. The van der Waals surface area contributed by atoms with Gasteiger partial charge in [-0.15, -0.1) is 0 Å². The molecule has 0 saturated carbocycles. The highest BCUT2D eigenvalue weighted by Gasteiger charge is 2.15. The van der Waals surface area contributed by atoms with E-state index < -0.39 is 11.6 Å². The number of anilines is 1. The van der Waals surface area contributed by atoms with Gasteiger partial charge in [-0.25, -0.2) is 8.78 Å². The summed E-state index contributed by atoms with van der Waals surface area (Å²) < 4.78 is 25.9. The maximum atomic E-state index is 13.1. The number of nitrogens with one attached hydrogen (secondary N) is 1. The molecule has 3 N–H and O–H groups in total. The van der Waals surface area contributed by atoms with Crippen LogP contribution in [0.2, 0.25) is 5.02 Å². The van der Waals surface area contributed by atoms with E-state index in [1.807, 2.05) is 0 Å². The Balaban J connectivity index is 2.65. The molecule has 0 aliphatic rings. The lowest BCUT2D eigenvalue weighted by molar-refractivity contribution is 0.509. The quantitative estimate of drug-likeness (QED) is 0.739. The van der Waals surface area contributed by atoms with Crippen molar-refractivity contribution in [3.63, 3.8) is 0 Å². The van der Waals surface area contributed by atoms with Gasteiger partial charge in [-0.05, 0) is 12.1 Å². The molecule has 1 aromatic heterocycles. The van der Waals surface area contributed by atoms with Gasteiger partial charge in [0.1, 0.15) is 5.82 Å². The van der Waals surface area contributed by atoms with Crippen LogP contribution in [0, 0.1) is 11.6 Å². The highest BCUT2D eigenvalue weighted by atomic mass is 35.5. The standard InChI is InChI=1S/C9H6ClF2N3/c10-7-4(1-2-6(11)8(7)12)5-3-14-15-9(5)13/h1-3H,(H3,13,14,15). The topological polar surface area (TPSA) is 54.7 Å². The van der Waals surface area contributed by atoms with Crippen LogP contribution in [-0.2, 0) is 0 Å². The molecule has 0 bridgehead atoms. The first kappa shape index (κ1) is 9.92. The predicted octanol–water partition coefficient (Wildman–Crippen LogP) is 2.59. The molecule has 78 valence electrons. The fourth-order valence-electron chi connectivity index (χ4n) is 1.24. The Morgan fingerprint density at radius 1 is 1.27 bits per heavy atom. The molecule has 0 unspecified atom stereocenters. The molecule has 0 fully saturated rings. The first-order valence-electron chi connectivity index (χ1n) is 4.04. The Kier molecular flexibility index (Phi) is 2.32. The summed E-state index contributed by atoms with van der Waals surface area (Å²) in [7, 11) is 0. The van der Waals surface area contributed by atoms with E-state index in [2.05, 4.69) is 10.2 Å². The van der Waals surface area contributed by atoms with Crippen molar-refractivity contribution >= 4 is 17.4 Å². The number of hydrogen-bond acceptors (Lipinski definition) is 2. The Morgan fingerprint density at radius 3 is 2.60 bits per heavy atom. The molecule has 15 heavy (non-hydrogen) atoms. The van der Waals surface area contributed by atoms with Crippen LogP contribution in [-0.4, -0.2) is 10.2 Å². The van der Waals surface area contributed by atoms with E-state index in [1.165, 1.54) is 12.3 Å². The zero-order valence-corrected chi connectivity index (χ0v) is 8.15. The lowest BCUT2D eigenvalue weighted by Crippen LogP contribution is -1.91. The van der Waals surface area contributed by atoms with E-state index in [4.69, 9.17) is 17.3 Å². The van der Waals surface area contributed by atoms with Gasteiger partial charge in [0, 0.05) is 11.1 Å². The SMILES string of the molecule is Nc1[nH]ncc1-c1ccc(F)c(F)c1Cl. The van der Waals surface area contributed by atoms with Gasteiger partial charge in [-0.3, -0.25) is 5.10 Å². The van der Waals surface area contributed by atoms with Gasteiger partial charge < -0.3 is 5.73 Å². The Labute approximate surface area is 88.9 Å². The molecule has 1 heterocycles. The number of halogens is 3. The van der Waals surface area contributed by atoms with Gasteiger partial charge >= 0.3 is 0 Å². The molecule has 0 amide bonds. The largest absolute Gasteiger partial charge is 0.384 e. The summed E-state index contributed by atoms with van der Waals surface area (Å²) in [5.41, 5.74) is 6.29. The third-order valence-electron chi connectivity index (χ3n) is 1.99. The minimum absolute atomic E-state index is 0.253. The molecule has 2 rings (SSSR count). The van der Waals surface area contributed by atoms with Gasteiger partial charge in [0.05, 0.1) is 11.2 Å². The van der Waals surface area contributed by atoms with Crippen molar-refractivity contribution in [3.05, 3.63) is 35.0 Å². The van der Waals surface area contributed by atoms with Gasteiger partial charge in [-0.1, -0.05) is 11.6 Å². The normalized spacial score (nSPS) is 10.6. The van der Waals surface area contributed by atoms with Crippen LogP contribution in [0.3, 0.4) is 0 Å². The molecule has 0 radical (unpaired) electrons. The van der Waals surface area contributed by atoms with E-state index in [0.717, 1.165) is 6.07 Å². The number of H-pyrrole nitrogens is 1. The van der Waals surface area contributed by atoms with Crippen LogP contribution in [0.4, 0.5) is 14.6 Å². The van der Waals surface area contributed by atoms with Crippen LogP contribution in [0.1, 0.15) is 0 Å². The molecular formula is C9H6ClF2N3. The van der Waals surface area contributed by atoms with Crippen molar-refractivity contribution < 1.29 is 8.78 Å². The number of nitrogen functional groups attached to an aromatic ring is 1. The number of aromatic nitrogens is 2. The first-order chi connectivity index (χ1) is 7.11. The van der Waals surface area contributed by atoms with Gasteiger partial charge in [0.25, 0.3) is 0 Å². The van der Waals surface area contributed by atoms with Gasteiger partial charge in [0.2, 0.25) is 0 Å². The maximum absolute atomic E-state index is 13.1. The molecule has 0 aliphatic carbocycles. The minimum atomic E-state index is -1.09. The zero-order valence-electron chi connectivity index (χ0n) is 7.39. The molecule has 6 heteroatoms. The fraction of sp³-hybridized carbons (Fsp3) is 0. The van der Waals surface area contributed by atoms with Gasteiger partial charge in [-0.2, -0.15) is 5.10 Å². The molecule has 0 atom stereocenters. The third kappa shape index (κ3) is 1.55. The van der Waals surface area contributed by atoms with Crippen molar-refractivity contribution in [3.8, 4) is 11.1 Å². The van der Waals surface area contributed by atoms with Crippen molar-refractivity contribution in [2.75, 3.05) is 5.73 Å². The summed E-state index contributed by atoms with van der Waals surface area (Å²) in [5, 5.41) is 5.85. The van der Waals surface area contributed by atoms with Crippen LogP contribution in [0.5, 0.6) is 0 Å². The second kappa shape index (κ2) is 3.51. The molecule has 0 aliphatic heterocycles. The zero-order chi connectivity index (χ0) is 11.0. The Bertz CT molecular complexity index is 510. The van der Waals surface area contributed by atoms with E-state index in [1.54, 1.807) is 0 Å². The van der Waals surface area contributed by atoms with Crippen LogP contribution >= 0.6 is 11.6 Å². The predicted molar refractivity (Wildman–Crippen MR) is 53.4 cm³/mol. The first-order valence-corrected chi connectivity index (χ1v) is 4.41. The average Bonchev–Trinajstić information content (AvgIpc) is 2.62. The van der Waals surface area contributed by atoms with E-state index in [-0.39, 0.29) is 10.8 Å². The summed E-state index contributed by atoms with van der Waals surface area (Å²) in [4.78, 5) is 0. The number of aromatic amines is 1. The monoisotopic (exact) mass is 229 g/mol. The van der Waals surface area contributed by atoms with E-state index >= 15 is 0 Å². The van der Waals surface area contributed by atoms with Crippen molar-refractivity contribution in [2.45, 2.75) is 0 Å². The van der Waals surface area contributed by atoms with Crippen LogP contribution in [0.25, 0.3) is 11.1 Å². The van der Waals surface area contributed by atoms with E-state index in [0.29, 0.717) is 11.1 Å². The number of benzene rings is 1. The highest BCUT2D eigenvalue weighted by Crippen LogP contribution is 2.33. The second-order valence-electron chi connectivity index (χ2n) is 2.92. The highest BCUT2D eigenvalue weighted by molar-refractivity contribution is 6.33. The summed E-state index contributed by atoms with van der Waals surface area (Å²) in [5.74, 6) is -1.83. The third-order valence-corrected chi connectivity index (χ3v) is 2.36. The smallest absolute Gasteiger partial charge is 0.178 e. The van der Waals surface area contributed by atoms with Crippen molar-refractivity contribution in [1.82, 2.24) is 10.2 Å². The molecule has 0 saturated heterocycles. The second-order valence-corrected chi connectivity index (χ2v) is 3.30. The molecule has 2 aromatic rings. The number of nitrogens with two attached hydrogens (primary N) is 1. The fourth-order valence-corrected chi connectivity index (χ4v) is 1.50. The molecular weight excluding hydrogens is 224 g/mol. The average molecular weight is 230 g/mol. The maximum Gasteiger partial charge on any atom is 0.178 e. The minimum Gasteiger partial charge on any atom is -0.384 e. The number of hydrogen-bond donors (Lipinski definition) is 2. The Morgan fingerprint density at radius 2 is 2.00 bits per heavy atom. The Hall–Kier alpha value is -1.62. The van der Waals surface area contributed by atoms with Crippen LogP contribution in [0.15, 0.2) is 18.3 Å². The summed E-state index contributed by atoms with van der Waals surface area (Å²) >= 11 is 5.65. The van der Waals surface area contributed by atoms with E-state index in [9.17, 15) is 8.78 Å². The number of nitrogens with zero attached hydrogens (tertiary/aromatic N) is 1. The molecule has 0 spiro atoms. The van der Waals surface area contributed by atoms with Gasteiger partial charge in [0.15, 0.2) is 11.6 Å². The summed E-state index contributed by atoms with van der Waals surface area (Å²) in [6.45, 7) is 0. The lowest BCUT2D eigenvalue weighted by Gasteiger charge is -2.04. The summed E-state index contributed by atoms with van der Waals surface area (Å²) in [6, 6.07) is 2.34. The molecule has 3 nitrogen and oxygen atoms in total. The van der Waals surface area contributed by atoms with Crippen LogP contribution < -0.4 is 5.73 Å². The molecule has 1 aromatic carbocycles. The van der Waals surface area contributed by atoms with Crippen molar-refractivity contribution in [2.24, 2.45) is 0 Å².